The number of fused-ring (bicyclic) bond motifs is 1. The summed E-state index contributed by atoms with van der Waals surface area (Å²) in [6.07, 6.45) is 3.20. The van der Waals surface area contributed by atoms with Crippen LogP contribution in [0.15, 0.2) is 53.3 Å². The minimum atomic E-state index is -0.212. The van der Waals surface area contributed by atoms with Crippen molar-refractivity contribution in [2.75, 3.05) is 18.0 Å². The fraction of sp³-hybridized carbons (Fsp3) is 0.385. The summed E-state index contributed by atoms with van der Waals surface area (Å²) in [5.41, 5.74) is 4.51. The van der Waals surface area contributed by atoms with Crippen LogP contribution in [0.25, 0.3) is 10.9 Å². The van der Waals surface area contributed by atoms with Crippen molar-refractivity contribution in [3.63, 3.8) is 0 Å². The van der Waals surface area contributed by atoms with Crippen LogP contribution in [0.1, 0.15) is 61.6 Å². The highest BCUT2D eigenvalue weighted by atomic mass is 16.1. The molecule has 4 rings (SSSR count). The zero-order valence-corrected chi connectivity index (χ0v) is 18.1. The standard InChI is InChI=1S/C26H29N3O/c1-18(2)19-10-12-21(13-11-19)20-7-6-15-29(16-14-20)25-22-8-4-5-9-24(22)28(3)26(30)23(25)17-27/h4-5,8-13,18,20H,6-7,14-16H2,1-3H3. The third kappa shape index (κ3) is 3.61. The Balaban J connectivity index is 1.67. The highest BCUT2D eigenvalue weighted by molar-refractivity contribution is 5.94. The van der Waals surface area contributed by atoms with Crippen LogP contribution in [0.2, 0.25) is 0 Å². The van der Waals surface area contributed by atoms with Crippen LogP contribution < -0.4 is 10.5 Å². The molecule has 2 heterocycles. The number of nitriles is 1. The molecule has 1 saturated heterocycles. The molecule has 1 aliphatic heterocycles. The van der Waals surface area contributed by atoms with Crippen LogP contribution in [0, 0.1) is 11.3 Å². The van der Waals surface area contributed by atoms with Gasteiger partial charge in [0.05, 0.1) is 11.2 Å². The summed E-state index contributed by atoms with van der Waals surface area (Å²) in [4.78, 5) is 15.1. The van der Waals surface area contributed by atoms with E-state index in [-0.39, 0.29) is 11.1 Å². The fourth-order valence-corrected chi connectivity index (χ4v) is 4.72. The number of pyridine rings is 1. The van der Waals surface area contributed by atoms with Gasteiger partial charge in [0.25, 0.3) is 5.56 Å². The number of aryl methyl sites for hydroxylation is 1. The van der Waals surface area contributed by atoms with Gasteiger partial charge in [-0.1, -0.05) is 56.3 Å². The highest BCUT2D eigenvalue weighted by Crippen LogP contribution is 2.34. The van der Waals surface area contributed by atoms with Crippen molar-refractivity contribution in [2.45, 2.75) is 44.9 Å². The number of hydrogen-bond acceptors (Lipinski definition) is 3. The van der Waals surface area contributed by atoms with Gasteiger partial charge < -0.3 is 9.47 Å². The number of rotatable bonds is 3. The van der Waals surface area contributed by atoms with Crippen molar-refractivity contribution in [1.82, 2.24) is 4.57 Å². The minimum absolute atomic E-state index is 0.212. The van der Waals surface area contributed by atoms with Crippen molar-refractivity contribution < 1.29 is 0 Å². The third-order valence-electron chi connectivity index (χ3n) is 6.51. The SMILES string of the molecule is CC(C)c1ccc(C2CCCN(c3c(C#N)c(=O)n(C)c4ccccc34)CC2)cc1. The van der Waals surface area contributed by atoms with Gasteiger partial charge in [0.1, 0.15) is 11.6 Å². The molecule has 4 heteroatoms. The lowest BCUT2D eigenvalue weighted by molar-refractivity contribution is 0.611. The van der Waals surface area contributed by atoms with Gasteiger partial charge in [-0.3, -0.25) is 4.79 Å². The summed E-state index contributed by atoms with van der Waals surface area (Å²) in [5.74, 6) is 1.06. The first-order chi connectivity index (χ1) is 14.5. The Hall–Kier alpha value is -3.06. The second kappa shape index (κ2) is 8.36. The predicted octanol–water partition coefficient (Wildman–Crippen LogP) is 5.31. The summed E-state index contributed by atoms with van der Waals surface area (Å²) < 4.78 is 1.59. The molecule has 30 heavy (non-hydrogen) atoms. The average molecular weight is 400 g/mol. The number of nitrogens with zero attached hydrogens (tertiary/aromatic N) is 3. The van der Waals surface area contributed by atoms with E-state index in [1.165, 1.54) is 11.1 Å². The zero-order valence-electron chi connectivity index (χ0n) is 18.1. The molecule has 0 saturated carbocycles. The summed E-state index contributed by atoms with van der Waals surface area (Å²) in [6, 6.07) is 19.2. The molecular formula is C26H29N3O. The molecule has 0 amide bonds. The van der Waals surface area contributed by atoms with Crippen molar-refractivity contribution in [3.05, 3.63) is 75.6 Å². The van der Waals surface area contributed by atoms with E-state index in [1.807, 2.05) is 24.3 Å². The Morgan fingerprint density at radius 3 is 2.47 bits per heavy atom. The van der Waals surface area contributed by atoms with E-state index in [0.29, 0.717) is 11.8 Å². The van der Waals surface area contributed by atoms with Crippen molar-refractivity contribution in [2.24, 2.45) is 7.05 Å². The molecule has 154 valence electrons. The maximum atomic E-state index is 12.8. The molecule has 1 atom stereocenters. The molecule has 1 fully saturated rings. The van der Waals surface area contributed by atoms with Gasteiger partial charge in [0.2, 0.25) is 0 Å². The summed E-state index contributed by atoms with van der Waals surface area (Å²) in [7, 11) is 1.74. The second-order valence-corrected chi connectivity index (χ2v) is 8.65. The third-order valence-corrected chi connectivity index (χ3v) is 6.51. The fourth-order valence-electron chi connectivity index (χ4n) is 4.72. The molecule has 1 unspecified atom stereocenters. The molecule has 0 radical (unpaired) electrons. The summed E-state index contributed by atoms with van der Waals surface area (Å²) in [6.45, 7) is 6.16. The second-order valence-electron chi connectivity index (χ2n) is 8.65. The first-order valence-corrected chi connectivity index (χ1v) is 10.9. The molecule has 1 aliphatic rings. The summed E-state index contributed by atoms with van der Waals surface area (Å²) in [5, 5.41) is 10.8. The Kier molecular flexibility index (Phi) is 5.63. The van der Waals surface area contributed by atoms with Crippen molar-refractivity contribution in [1.29, 1.82) is 5.26 Å². The van der Waals surface area contributed by atoms with Gasteiger partial charge in [-0.2, -0.15) is 5.26 Å². The van der Waals surface area contributed by atoms with Crippen molar-refractivity contribution in [3.8, 4) is 6.07 Å². The molecule has 0 spiro atoms. The van der Waals surface area contributed by atoms with E-state index >= 15 is 0 Å². The number of anilines is 1. The largest absolute Gasteiger partial charge is 0.370 e. The van der Waals surface area contributed by atoms with Crippen molar-refractivity contribution >= 4 is 16.6 Å². The Morgan fingerprint density at radius 2 is 1.77 bits per heavy atom. The maximum Gasteiger partial charge on any atom is 0.270 e. The first-order valence-electron chi connectivity index (χ1n) is 10.9. The zero-order chi connectivity index (χ0) is 21.3. The van der Waals surface area contributed by atoms with E-state index in [4.69, 9.17) is 0 Å². The number of benzene rings is 2. The Morgan fingerprint density at radius 1 is 1.03 bits per heavy atom. The number of hydrogen-bond donors (Lipinski definition) is 0. The van der Waals surface area contributed by atoms with E-state index in [0.717, 1.165) is 48.9 Å². The maximum absolute atomic E-state index is 12.8. The van der Waals surface area contributed by atoms with E-state index in [9.17, 15) is 10.1 Å². The van der Waals surface area contributed by atoms with Crippen LogP contribution in [-0.4, -0.2) is 17.7 Å². The van der Waals surface area contributed by atoms with Gasteiger partial charge in [0, 0.05) is 25.5 Å². The van der Waals surface area contributed by atoms with Gasteiger partial charge in [-0.25, -0.2) is 0 Å². The molecule has 0 N–H and O–H groups in total. The predicted molar refractivity (Wildman–Crippen MR) is 123 cm³/mol. The lowest BCUT2D eigenvalue weighted by Crippen LogP contribution is -2.30. The molecule has 0 bridgehead atoms. The highest BCUT2D eigenvalue weighted by Gasteiger charge is 2.24. The summed E-state index contributed by atoms with van der Waals surface area (Å²) >= 11 is 0. The molecule has 3 aromatic rings. The molecule has 2 aromatic carbocycles. The molecular weight excluding hydrogens is 370 g/mol. The van der Waals surface area contributed by atoms with E-state index in [1.54, 1.807) is 11.6 Å². The minimum Gasteiger partial charge on any atom is -0.370 e. The van der Waals surface area contributed by atoms with Gasteiger partial charge >= 0.3 is 0 Å². The van der Waals surface area contributed by atoms with E-state index < -0.39 is 0 Å². The van der Waals surface area contributed by atoms with E-state index in [2.05, 4.69) is 49.1 Å². The van der Waals surface area contributed by atoms with Crippen LogP contribution >= 0.6 is 0 Å². The van der Waals surface area contributed by atoms with Gasteiger partial charge in [0.15, 0.2) is 0 Å². The van der Waals surface area contributed by atoms with Crippen LogP contribution in [0.4, 0.5) is 5.69 Å². The topological polar surface area (TPSA) is 49.0 Å². The average Bonchev–Trinajstić information content (AvgIpc) is 3.02. The monoisotopic (exact) mass is 399 g/mol. The van der Waals surface area contributed by atoms with Gasteiger partial charge in [-0.15, -0.1) is 0 Å². The van der Waals surface area contributed by atoms with Gasteiger partial charge in [-0.05, 0) is 48.3 Å². The normalized spacial score (nSPS) is 17.2. The quantitative estimate of drug-likeness (QED) is 0.600. The number of para-hydroxylation sites is 1. The molecule has 4 nitrogen and oxygen atoms in total. The lowest BCUT2D eigenvalue weighted by atomic mass is 9.90. The van der Waals surface area contributed by atoms with Crippen LogP contribution in [0.3, 0.4) is 0 Å². The van der Waals surface area contributed by atoms with Crippen LogP contribution in [-0.2, 0) is 7.05 Å². The smallest absolute Gasteiger partial charge is 0.270 e. The first kappa shape index (κ1) is 20.2. The Bertz CT molecular complexity index is 1150. The lowest BCUT2D eigenvalue weighted by Gasteiger charge is -2.26. The molecule has 0 aliphatic carbocycles. The molecule has 1 aromatic heterocycles. The Labute approximate surface area is 178 Å². The van der Waals surface area contributed by atoms with Crippen LogP contribution in [0.5, 0.6) is 0 Å². The number of aromatic nitrogens is 1.